The number of ketones is 1. The summed E-state index contributed by atoms with van der Waals surface area (Å²) < 4.78 is 0. The molecule has 3 nitrogen and oxygen atoms in total. The first-order chi connectivity index (χ1) is 6.61. The molecule has 0 radical (unpaired) electrons. The molecule has 1 heterocycles. The Morgan fingerprint density at radius 3 is 2.43 bits per heavy atom. The average molecular weight is 191 g/mol. The van der Waals surface area contributed by atoms with Crippen molar-refractivity contribution in [3.63, 3.8) is 0 Å². The predicted octanol–water partition coefficient (Wildman–Crippen LogP) is 1.48. The molecule has 1 aliphatic heterocycles. The van der Waals surface area contributed by atoms with E-state index < -0.39 is 0 Å². The zero-order chi connectivity index (χ0) is 10.7. The van der Waals surface area contributed by atoms with Gasteiger partial charge in [0.15, 0.2) is 5.78 Å². The van der Waals surface area contributed by atoms with Crippen LogP contribution in [0.1, 0.15) is 20.8 Å². The summed E-state index contributed by atoms with van der Waals surface area (Å²) in [5.41, 5.74) is 1.64. The summed E-state index contributed by atoms with van der Waals surface area (Å²) >= 11 is 0. The Kier molecular flexibility index (Phi) is 3.02. The topological polar surface area (TPSA) is 46.2 Å². The van der Waals surface area contributed by atoms with Gasteiger partial charge in [-0.05, 0) is 20.8 Å². The number of allylic oxidation sites excluding steroid dienone is 3. The molecule has 0 atom stereocenters. The lowest BCUT2D eigenvalue weighted by Crippen LogP contribution is -2.18. The fourth-order valence-electron chi connectivity index (χ4n) is 1.43. The quantitative estimate of drug-likeness (QED) is 0.672. The molecular formula is C11H13NO2. The molecule has 0 aliphatic carbocycles. The Morgan fingerprint density at radius 2 is 2.00 bits per heavy atom. The summed E-state index contributed by atoms with van der Waals surface area (Å²) in [6.07, 6.45) is 5.36. The van der Waals surface area contributed by atoms with Gasteiger partial charge in [-0.1, -0.05) is 18.2 Å². The monoisotopic (exact) mass is 191 g/mol. The molecule has 0 aromatic heterocycles. The van der Waals surface area contributed by atoms with Crippen LogP contribution in [0.15, 0.2) is 35.1 Å². The Balaban J connectivity index is 3.31. The number of hydrogen-bond donors (Lipinski definition) is 1. The first kappa shape index (κ1) is 10.4. The second-order valence-corrected chi connectivity index (χ2v) is 3.00. The molecule has 1 amide bonds. The van der Waals surface area contributed by atoms with E-state index in [4.69, 9.17) is 0 Å². The first-order valence-corrected chi connectivity index (χ1v) is 4.47. The summed E-state index contributed by atoms with van der Waals surface area (Å²) in [6.45, 7) is 5.07. The van der Waals surface area contributed by atoms with Crippen molar-refractivity contribution in [1.29, 1.82) is 0 Å². The highest BCUT2D eigenvalue weighted by atomic mass is 16.2. The van der Waals surface area contributed by atoms with E-state index in [0.717, 1.165) is 0 Å². The van der Waals surface area contributed by atoms with Gasteiger partial charge in [-0.3, -0.25) is 9.59 Å². The standard InChI is InChI=1S/C11H13NO2/c1-4-6-8-9(5-2)12-11(14)10(8)7(3)13/h4-6H,1-3H3,(H,12,14). The zero-order valence-corrected chi connectivity index (χ0v) is 8.55. The van der Waals surface area contributed by atoms with Crippen LogP contribution in [0.25, 0.3) is 0 Å². The molecule has 0 bridgehead atoms. The molecule has 1 aliphatic rings. The van der Waals surface area contributed by atoms with Gasteiger partial charge in [0, 0.05) is 11.3 Å². The largest absolute Gasteiger partial charge is 0.322 e. The van der Waals surface area contributed by atoms with Crippen LogP contribution >= 0.6 is 0 Å². The summed E-state index contributed by atoms with van der Waals surface area (Å²) in [5.74, 6) is -0.508. The smallest absolute Gasteiger partial charge is 0.259 e. The molecular weight excluding hydrogens is 178 g/mol. The minimum Gasteiger partial charge on any atom is -0.322 e. The first-order valence-electron chi connectivity index (χ1n) is 4.47. The molecule has 0 spiro atoms. The van der Waals surface area contributed by atoms with Gasteiger partial charge in [0.1, 0.15) is 0 Å². The summed E-state index contributed by atoms with van der Waals surface area (Å²) in [7, 11) is 0. The van der Waals surface area contributed by atoms with Crippen molar-refractivity contribution in [2.45, 2.75) is 20.8 Å². The Morgan fingerprint density at radius 1 is 1.36 bits per heavy atom. The molecule has 0 aromatic rings. The van der Waals surface area contributed by atoms with Crippen molar-refractivity contribution in [3.8, 4) is 0 Å². The van der Waals surface area contributed by atoms with Crippen LogP contribution in [-0.2, 0) is 9.59 Å². The second-order valence-electron chi connectivity index (χ2n) is 3.00. The maximum Gasteiger partial charge on any atom is 0.259 e. The van der Waals surface area contributed by atoms with Crippen LogP contribution in [0.2, 0.25) is 0 Å². The van der Waals surface area contributed by atoms with E-state index in [1.807, 2.05) is 19.9 Å². The molecule has 1 N–H and O–H groups in total. The van der Waals surface area contributed by atoms with Crippen molar-refractivity contribution in [2.75, 3.05) is 0 Å². The number of amides is 1. The third kappa shape index (κ3) is 1.66. The van der Waals surface area contributed by atoms with E-state index >= 15 is 0 Å². The third-order valence-electron chi connectivity index (χ3n) is 2.01. The number of Topliss-reactive ketones (excluding diaryl/α,β-unsaturated/α-hetero) is 1. The predicted molar refractivity (Wildman–Crippen MR) is 54.4 cm³/mol. The summed E-state index contributed by atoms with van der Waals surface area (Å²) in [4.78, 5) is 22.6. The van der Waals surface area contributed by atoms with Gasteiger partial charge in [-0.15, -0.1) is 0 Å². The van der Waals surface area contributed by atoms with Crippen LogP contribution in [0.3, 0.4) is 0 Å². The van der Waals surface area contributed by atoms with E-state index in [0.29, 0.717) is 11.3 Å². The maximum atomic E-state index is 11.4. The number of carbonyl (C=O) groups excluding carboxylic acids is 2. The van der Waals surface area contributed by atoms with Gasteiger partial charge in [0.2, 0.25) is 0 Å². The number of hydrogen-bond acceptors (Lipinski definition) is 2. The fraction of sp³-hybridized carbons (Fsp3) is 0.273. The van der Waals surface area contributed by atoms with Crippen LogP contribution in [0.5, 0.6) is 0 Å². The highest BCUT2D eigenvalue weighted by Gasteiger charge is 2.27. The van der Waals surface area contributed by atoms with Crippen molar-refractivity contribution in [1.82, 2.24) is 5.32 Å². The van der Waals surface area contributed by atoms with Gasteiger partial charge >= 0.3 is 0 Å². The maximum absolute atomic E-state index is 11.4. The lowest BCUT2D eigenvalue weighted by atomic mass is 10.1. The van der Waals surface area contributed by atoms with Crippen molar-refractivity contribution < 1.29 is 9.59 Å². The lowest BCUT2D eigenvalue weighted by molar-refractivity contribution is -0.120. The van der Waals surface area contributed by atoms with Crippen molar-refractivity contribution in [3.05, 3.63) is 35.1 Å². The number of carbonyl (C=O) groups is 2. The molecule has 3 heteroatoms. The van der Waals surface area contributed by atoms with Crippen LogP contribution in [0, 0.1) is 0 Å². The summed E-state index contributed by atoms with van der Waals surface area (Å²) in [5, 5.41) is 2.65. The molecule has 0 saturated carbocycles. The number of rotatable bonds is 2. The summed E-state index contributed by atoms with van der Waals surface area (Å²) in [6, 6.07) is 0. The average Bonchev–Trinajstić information content (AvgIpc) is 2.43. The van der Waals surface area contributed by atoms with Crippen LogP contribution in [0.4, 0.5) is 0 Å². The molecule has 14 heavy (non-hydrogen) atoms. The van der Waals surface area contributed by atoms with Crippen molar-refractivity contribution in [2.24, 2.45) is 0 Å². The van der Waals surface area contributed by atoms with Gasteiger partial charge < -0.3 is 5.32 Å². The minimum atomic E-state index is -0.307. The normalized spacial score (nSPS) is 19.6. The Bertz CT molecular complexity index is 373. The highest BCUT2D eigenvalue weighted by molar-refractivity contribution is 6.22. The van der Waals surface area contributed by atoms with E-state index in [1.165, 1.54) is 6.92 Å². The SMILES string of the molecule is CC=CC1=C(C(C)=O)C(=O)NC1=CC. The molecule has 0 fully saturated rings. The third-order valence-corrected chi connectivity index (χ3v) is 2.01. The molecule has 0 saturated heterocycles. The van der Waals surface area contributed by atoms with E-state index in [1.54, 1.807) is 12.2 Å². The fourth-order valence-corrected chi connectivity index (χ4v) is 1.43. The zero-order valence-electron chi connectivity index (χ0n) is 8.55. The Hall–Kier alpha value is -1.64. The molecule has 74 valence electrons. The van der Waals surface area contributed by atoms with E-state index in [2.05, 4.69) is 5.32 Å². The van der Waals surface area contributed by atoms with E-state index in [9.17, 15) is 9.59 Å². The van der Waals surface area contributed by atoms with Gasteiger partial charge in [0.25, 0.3) is 5.91 Å². The van der Waals surface area contributed by atoms with Gasteiger partial charge in [-0.25, -0.2) is 0 Å². The highest BCUT2D eigenvalue weighted by Crippen LogP contribution is 2.22. The Labute approximate surface area is 83.2 Å². The molecule has 0 aromatic carbocycles. The second kappa shape index (κ2) is 4.05. The van der Waals surface area contributed by atoms with Gasteiger partial charge in [0.05, 0.1) is 5.57 Å². The van der Waals surface area contributed by atoms with Crippen LogP contribution in [-0.4, -0.2) is 11.7 Å². The van der Waals surface area contributed by atoms with Crippen LogP contribution < -0.4 is 5.32 Å². The number of nitrogens with one attached hydrogen (secondary N) is 1. The van der Waals surface area contributed by atoms with E-state index in [-0.39, 0.29) is 17.3 Å². The van der Waals surface area contributed by atoms with Crippen molar-refractivity contribution >= 4 is 11.7 Å². The van der Waals surface area contributed by atoms with Gasteiger partial charge in [-0.2, -0.15) is 0 Å². The molecule has 1 rings (SSSR count). The molecule has 0 unspecified atom stereocenters. The lowest BCUT2D eigenvalue weighted by Gasteiger charge is -1.97. The minimum absolute atomic E-state index is 0.201.